The minimum atomic E-state index is -0.473. The first kappa shape index (κ1) is 14.5. The van der Waals surface area contributed by atoms with Gasteiger partial charge in [-0.15, -0.1) is 0 Å². The van der Waals surface area contributed by atoms with Crippen molar-refractivity contribution >= 4 is 5.97 Å². The van der Waals surface area contributed by atoms with E-state index in [-0.39, 0.29) is 18.2 Å². The highest BCUT2D eigenvalue weighted by atomic mass is 16.5. The zero-order valence-electron chi connectivity index (χ0n) is 11.6. The van der Waals surface area contributed by atoms with Crippen molar-refractivity contribution in [3.63, 3.8) is 0 Å². The second-order valence-corrected chi connectivity index (χ2v) is 5.68. The maximum absolute atomic E-state index is 11.5. The fourth-order valence-corrected chi connectivity index (χ4v) is 2.32. The Labute approximate surface area is 104 Å². The smallest absolute Gasteiger partial charge is 0.312 e. The van der Waals surface area contributed by atoms with E-state index in [1.807, 2.05) is 13.8 Å². The van der Waals surface area contributed by atoms with Gasteiger partial charge in [-0.1, -0.05) is 0 Å². The normalized spacial score (nSPS) is 30.1. The molecule has 0 aromatic rings. The van der Waals surface area contributed by atoms with Crippen molar-refractivity contribution in [2.45, 2.75) is 58.8 Å². The highest BCUT2D eigenvalue weighted by molar-refractivity contribution is 5.76. The molecule has 1 aliphatic rings. The van der Waals surface area contributed by atoms with Crippen molar-refractivity contribution in [2.75, 3.05) is 13.7 Å². The number of hydrogen-bond acceptors (Lipinski definition) is 4. The van der Waals surface area contributed by atoms with Crippen molar-refractivity contribution in [2.24, 2.45) is 5.41 Å². The molecule has 0 bridgehead atoms. The summed E-state index contributed by atoms with van der Waals surface area (Å²) in [6.07, 6.45) is 2.58. The summed E-state index contributed by atoms with van der Waals surface area (Å²) in [5.41, 5.74) is -0.473. The zero-order chi connectivity index (χ0) is 13.1. The third kappa shape index (κ3) is 4.28. The highest BCUT2D eigenvalue weighted by Gasteiger charge is 2.31. The van der Waals surface area contributed by atoms with Crippen LogP contribution in [0.15, 0.2) is 0 Å². The fraction of sp³-hybridized carbons (Fsp3) is 0.923. The quantitative estimate of drug-likeness (QED) is 0.764. The van der Waals surface area contributed by atoms with Gasteiger partial charge in [0.2, 0.25) is 0 Å². The Hall–Kier alpha value is -0.610. The maximum atomic E-state index is 11.5. The number of nitrogens with one attached hydrogen (secondary N) is 1. The van der Waals surface area contributed by atoms with Crippen LogP contribution in [-0.2, 0) is 14.3 Å². The molecule has 1 rings (SSSR count). The summed E-state index contributed by atoms with van der Waals surface area (Å²) in [5, 5.41) is 3.46. The predicted molar refractivity (Wildman–Crippen MR) is 66.8 cm³/mol. The molecule has 0 aromatic carbocycles. The zero-order valence-corrected chi connectivity index (χ0v) is 11.6. The van der Waals surface area contributed by atoms with Gasteiger partial charge in [-0.3, -0.25) is 4.79 Å². The van der Waals surface area contributed by atoms with E-state index in [9.17, 15) is 4.79 Å². The second kappa shape index (κ2) is 5.83. The van der Waals surface area contributed by atoms with E-state index in [0.29, 0.717) is 12.6 Å². The average Bonchev–Trinajstić information content (AvgIpc) is 2.24. The molecule has 4 nitrogen and oxygen atoms in total. The van der Waals surface area contributed by atoms with E-state index in [2.05, 4.69) is 19.2 Å². The monoisotopic (exact) mass is 243 g/mol. The van der Waals surface area contributed by atoms with Gasteiger partial charge in [0.05, 0.1) is 24.7 Å². The van der Waals surface area contributed by atoms with Crippen LogP contribution >= 0.6 is 0 Å². The number of ether oxygens (including phenoxy) is 2. The minimum Gasteiger partial charge on any atom is -0.469 e. The van der Waals surface area contributed by atoms with E-state index >= 15 is 0 Å². The summed E-state index contributed by atoms with van der Waals surface area (Å²) in [7, 11) is 1.43. The lowest BCUT2D eigenvalue weighted by Gasteiger charge is -2.34. The topological polar surface area (TPSA) is 47.6 Å². The van der Waals surface area contributed by atoms with Crippen molar-refractivity contribution in [1.82, 2.24) is 5.32 Å². The molecule has 3 atom stereocenters. The van der Waals surface area contributed by atoms with Gasteiger partial charge >= 0.3 is 5.97 Å². The molecule has 100 valence electrons. The molecule has 4 heteroatoms. The lowest BCUT2D eigenvalue weighted by atomic mass is 9.92. The van der Waals surface area contributed by atoms with E-state index in [1.165, 1.54) is 7.11 Å². The summed E-state index contributed by atoms with van der Waals surface area (Å²) in [5.74, 6) is -0.168. The number of hydrogen-bond donors (Lipinski definition) is 1. The van der Waals surface area contributed by atoms with Crippen LogP contribution in [0.4, 0.5) is 0 Å². The summed E-state index contributed by atoms with van der Waals surface area (Å²) in [6, 6.07) is 0.428. The Morgan fingerprint density at radius 3 is 2.35 bits per heavy atom. The molecular weight excluding hydrogens is 218 g/mol. The molecule has 0 saturated carbocycles. The van der Waals surface area contributed by atoms with Crippen molar-refractivity contribution in [3.05, 3.63) is 0 Å². The first-order valence-electron chi connectivity index (χ1n) is 6.32. The summed E-state index contributed by atoms with van der Waals surface area (Å²) in [4.78, 5) is 11.5. The standard InChI is InChI=1S/C13H25NO3/c1-9-6-11(7-10(2)17-9)14-8-13(3,4)12(15)16-5/h9-11,14H,6-8H2,1-5H3/t9-,10+,11?. The van der Waals surface area contributed by atoms with E-state index < -0.39 is 5.41 Å². The van der Waals surface area contributed by atoms with Gasteiger partial charge in [0.1, 0.15) is 0 Å². The number of methoxy groups -OCH3 is 1. The van der Waals surface area contributed by atoms with Gasteiger partial charge in [-0.2, -0.15) is 0 Å². The fourth-order valence-electron chi connectivity index (χ4n) is 2.32. The lowest BCUT2D eigenvalue weighted by molar-refractivity contribution is -0.150. The molecule has 1 aliphatic heterocycles. The predicted octanol–water partition coefficient (Wildman–Crippen LogP) is 1.73. The molecule has 1 N–H and O–H groups in total. The van der Waals surface area contributed by atoms with Crippen molar-refractivity contribution in [1.29, 1.82) is 0 Å². The molecule has 0 aliphatic carbocycles. The van der Waals surface area contributed by atoms with Gasteiger partial charge in [0.15, 0.2) is 0 Å². The Balaban J connectivity index is 2.42. The maximum Gasteiger partial charge on any atom is 0.312 e. The van der Waals surface area contributed by atoms with E-state index in [1.54, 1.807) is 0 Å². The van der Waals surface area contributed by atoms with Crippen LogP contribution in [0.2, 0.25) is 0 Å². The van der Waals surface area contributed by atoms with Gasteiger partial charge in [0, 0.05) is 12.6 Å². The molecular formula is C13H25NO3. The Morgan fingerprint density at radius 2 is 1.88 bits per heavy atom. The van der Waals surface area contributed by atoms with Gasteiger partial charge < -0.3 is 14.8 Å². The molecule has 0 spiro atoms. The highest BCUT2D eigenvalue weighted by Crippen LogP contribution is 2.21. The van der Waals surface area contributed by atoms with Crippen LogP contribution in [0.1, 0.15) is 40.5 Å². The van der Waals surface area contributed by atoms with Crippen LogP contribution in [0.3, 0.4) is 0 Å². The third-order valence-corrected chi connectivity index (χ3v) is 3.27. The van der Waals surface area contributed by atoms with Gasteiger partial charge in [-0.05, 0) is 40.5 Å². The average molecular weight is 243 g/mol. The summed E-state index contributed by atoms with van der Waals surface area (Å²) >= 11 is 0. The number of carbonyl (C=O) groups is 1. The first-order chi connectivity index (χ1) is 7.85. The molecule has 1 saturated heterocycles. The molecule has 1 heterocycles. The van der Waals surface area contributed by atoms with Crippen molar-refractivity contribution < 1.29 is 14.3 Å². The van der Waals surface area contributed by atoms with Crippen LogP contribution in [-0.4, -0.2) is 37.9 Å². The number of carbonyl (C=O) groups excluding carboxylic acids is 1. The SMILES string of the molecule is COC(=O)C(C)(C)CNC1C[C@@H](C)O[C@@H](C)C1. The second-order valence-electron chi connectivity index (χ2n) is 5.68. The molecule has 1 fully saturated rings. The van der Waals surface area contributed by atoms with Crippen molar-refractivity contribution in [3.8, 4) is 0 Å². The van der Waals surface area contributed by atoms with E-state index in [4.69, 9.17) is 9.47 Å². The molecule has 0 aromatic heterocycles. The van der Waals surface area contributed by atoms with Gasteiger partial charge in [-0.25, -0.2) is 0 Å². The first-order valence-corrected chi connectivity index (χ1v) is 6.32. The molecule has 17 heavy (non-hydrogen) atoms. The third-order valence-electron chi connectivity index (χ3n) is 3.27. The Kier molecular flexibility index (Phi) is 4.95. The number of rotatable bonds is 4. The van der Waals surface area contributed by atoms with Gasteiger partial charge in [0.25, 0.3) is 0 Å². The summed E-state index contributed by atoms with van der Waals surface area (Å²) in [6.45, 7) is 8.63. The summed E-state index contributed by atoms with van der Waals surface area (Å²) < 4.78 is 10.5. The largest absolute Gasteiger partial charge is 0.469 e. The van der Waals surface area contributed by atoms with Crippen LogP contribution in [0.5, 0.6) is 0 Å². The van der Waals surface area contributed by atoms with Crippen LogP contribution in [0, 0.1) is 5.41 Å². The lowest BCUT2D eigenvalue weighted by Crippen LogP contribution is -2.46. The van der Waals surface area contributed by atoms with E-state index in [0.717, 1.165) is 12.8 Å². The Morgan fingerprint density at radius 1 is 1.35 bits per heavy atom. The molecule has 0 amide bonds. The van der Waals surface area contributed by atoms with Crippen LogP contribution in [0.25, 0.3) is 0 Å². The van der Waals surface area contributed by atoms with Crippen LogP contribution < -0.4 is 5.32 Å². The minimum absolute atomic E-state index is 0.168. The molecule has 1 unspecified atom stereocenters. The Bertz CT molecular complexity index is 255. The molecule has 0 radical (unpaired) electrons. The number of esters is 1.